The zero-order valence-corrected chi connectivity index (χ0v) is 14.3. The lowest BCUT2D eigenvalue weighted by molar-refractivity contribution is 0.0697. The quantitative estimate of drug-likeness (QED) is 0.496. The summed E-state index contributed by atoms with van der Waals surface area (Å²) in [7, 11) is 0. The molecule has 0 aliphatic heterocycles. The van der Waals surface area contributed by atoms with E-state index in [0.717, 1.165) is 22.3 Å². The SMILES string of the molecule is O=C(O)c1cccc(Nc2ccnc3c(Oc4ccccc4)cccc23)c1. The number of hydrogen-bond donors (Lipinski definition) is 2. The maximum atomic E-state index is 11.2. The van der Waals surface area contributed by atoms with Crippen molar-refractivity contribution in [2.24, 2.45) is 0 Å². The van der Waals surface area contributed by atoms with Crippen molar-refractivity contribution in [2.75, 3.05) is 5.32 Å². The highest BCUT2D eigenvalue weighted by atomic mass is 16.5. The van der Waals surface area contributed by atoms with Crippen molar-refractivity contribution in [3.8, 4) is 11.5 Å². The van der Waals surface area contributed by atoms with Crippen LogP contribution in [-0.2, 0) is 0 Å². The van der Waals surface area contributed by atoms with Crippen molar-refractivity contribution in [2.45, 2.75) is 0 Å². The van der Waals surface area contributed by atoms with Gasteiger partial charge in [-0.3, -0.25) is 4.98 Å². The number of nitrogens with one attached hydrogen (secondary N) is 1. The number of fused-ring (bicyclic) bond motifs is 1. The molecule has 5 nitrogen and oxygen atoms in total. The van der Waals surface area contributed by atoms with Crippen LogP contribution in [-0.4, -0.2) is 16.1 Å². The van der Waals surface area contributed by atoms with Crippen LogP contribution in [0.25, 0.3) is 10.9 Å². The Bertz CT molecular complexity index is 1110. The molecule has 4 aromatic rings. The summed E-state index contributed by atoms with van der Waals surface area (Å²) in [5, 5.41) is 13.3. The highest BCUT2D eigenvalue weighted by Gasteiger charge is 2.09. The van der Waals surface area contributed by atoms with E-state index >= 15 is 0 Å². The number of pyridine rings is 1. The number of para-hydroxylation sites is 2. The summed E-state index contributed by atoms with van der Waals surface area (Å²) >= 11 is 0. The van der Waals surface area contributed by atoms with Gasteiger partial charge in [0.05, 0.1) is 5.56 Å². The van der Waals surface area contributed by atoms with Crippen LogP contribution in [0.4, 0.5) is 11.4 Å². The Kier molecular flexibility index (Phi) is 4.41. The summed E-state index contributed by atoms with van der Waals surface area (Å²) in [6.45, 7) is 0. The van der Waals surface area contributed by atoms with Gasteiger partial charge in [0.2, 0.25) is 0 Å². The molecule has 4 rings (SSSR count). The van der Waals surface area contributed by atoms with Crippen LogP contribution in [0.2, 0.25) is 0 Å². The zero-order chi connectivity index (χ0) is 18.6. The van der Waals surface area contributed by atoms with Gasteiger partial charge in [0, 0.05) is 23.0 Å². The first kappa shape index (κ1) is 16.6. The lowest BCUT2D eigenvalue weighted by atomic mass is 10.1. The molecule has 0 aliphatic carbocycles. The van der Waals surface area contributed by atoms with E-state index in [4.69, 9.17) is 9.84 Å². The summed E-state index contributed by atoms with van der Waals surface area (Å²) in [6, 6.07) is 23.8. The number of ether oxygens (including phenoxy) is 1. The Balaban J connectivity index is 1.71. The molecule has 0 saturated carbocycles. The lowest BCUT2D eigenvalue weighted by Gasteiger charge is -2.12. The summed E-state index contributed by atoms with van der Waals surface area (Å²) in [5.74, 6) is 0.428. The third-order valence-corrected chi connectivity index (χ3v) is 4.09. The molecule has 0 aliphatic rings. The third-order valence-electron chi connectivity index (χ3n) is 4.09. The van der Waals surface area contributed by atoms with E-state index in [-0.39, 0.29) is 5.56 Å². The molecule has 27 heavy (non-hydrogen) atoms. The number of anilines is 2. The molecule has 1 aromatic heterocycles. The monoisotopic (exact) mass is 356 g/mol. The molecule has 3 aromatic carbocycles. The van der Waals surface area contributed by atoms with Gasteiger partial charge in [-0.1, -0.05) is 36.4 Å². The fraction of sp³-hybridized carbons (Fsp3) is 0. The van der Waals surface area contributed by atoms with E-state index in [9.17, 15) is 4.79 Å². The van der Waals surface area contributed by atoms with E-state index in [1.165, 1.54) is 0 Å². The first-order chi connectivity index (χ1) is 13.2. The van der Waals surface area contributed by atoms with Gasteiger partial charge in [-0.2, -0.15) is 0 Å². The van der Waals surface area contributed by atoms with Gasteiger partial charge >= 0.3 is 5.97 Å². The molecule has 0 amide bonds. The van der Waals surface area contributed by atoms with Crippen molar-refractivity contribution in [3.63, 3.8) is 0 Å². The maximum absolute atomic E-state index is 11.2. The summed E-state index contributed by atoms with van der Waals surface area (Å²) in [5.41, 5.74) is 2.46. The third kappa shape index (κ3) is 3.57. The number of hydrogen-bond acceptors (Lipinski definition) is 4. The van der Waals surface area contributed by atoms with Crippen molar-refractivity contribution >= 4 is 28.2 Å². The first-order valence-electron chi connectivity index (χ1n) is 8.42. The van der Waals surface area contributed by atoms with Crippen LogP contribution < -0.4 is 10.1 Å². The van der Waals surface area contributed by atoms with Gasteiger partial charge in [-0.25, -0.2) is 4.79 Å². The molecule has 1 heterocycles. The molecule has 5 heteroatoms. The van der Waals surface area contributed by atoms with Gasteiger partial charge in [-0.15, -0.1) is 0 Å². The van der Waals surface area contributed by atoms with Crippen LogP contribution in [0, 0.1) is 0 Å². The van der Waals surface area contributed by atoms with Gasteiger partial charge in [0.1, 0.15) is 11.3 Å². The average Bonchev–Trinajstić information content (AvgIpc) is 2.70. The summed E-state index contributed by atoms with van der Waals surface area (Å²) < 4.78 is 5.98. The fourth-order valence-corrected chi connectivity index (χ4v) is 2.84. The van der Waals surface area contributed by atoms with E-state index in [0.29, 0.717) is 11.4 Å². The second-order valence-electron chi connectivity index (χ2n) is 5.94. The highest BCUT2D eigenvalue weighted by molar-refractivity contribution is 5.96. The Morgan fingerprint density at radius 1 is 0.926 bits per heavy atom. The molecule has 0 spiro atoms. The number of carbonyl (C=O) groups is 1. The van der Waals surface area contributed by atoms with Crippen molar-refractivity contribution < 1.29 is 14.6 Å². The molecule has 0 saturated heterocycles. The molecule has 0 radical (unpaired) electrons. The number of rotatable bonds is 5. The van der Waals surface area contributed by atoms with Gasteiger partial charge in [0.15, 0.2) is 5.75 Å². The van der Waals surface area contributed by atoms with E-state index < -0.39 is 5.97 Å². The summed E-state index contributed by atoms with van der Waals surface area (Å²) in [4.78, 5) is 15.6. The van der Waals surface area contributed by atoms with Gasteiger partial charge in [-0.05, 0) is 42.5 Å². The van der Waals surface area contributed by atoms with Gasteiger partial charge in [0.25, 0.3) is 0 Å². The molecule has 0 atom stereocenters. The van der Waals surface area contributed by atoms with Crippen molar-refractivity contribution in [1.29, 1.82) is 0 Å². The molecule has 0 bridgehead atoms. The molecule has 132 valence electrons. The average molecular weight is 356 g/mol. The minimum atomic E-state index is -0.961. The van der Waals surface area contributed by atoms with Crippen LogP contribution >= 0.6 is 0 Å². The lowest BCUT2D eigenvalue weighted by Crippen LogP contribution is -1.98. The van der Waals surface area contributed by atoms with Crippen molar-refractivity contribution in [1.82, 2.24) is 4.98 Å². The molecular weight excluding hydrogens is 340 g/mol. The maximum Gasteiger partial charge on any atom is 0.335 e. The second kappa shape index (κ2) is 7.17. The standard InChI is InChI=1S/C22H16N2O3/c25-22(26)15-6-4-7-16(14-15)24-19-12-13-23-21-18(19)10-5-11-20(21)27-17-8-2-1-3-9-17/h1-14H,(H,23,24)(H,25,26). The number of carboxylic acids is 1. The predicted molar refractivity (Wildman–Crippen MR) is 105 cm³/mol. The number of carboxylic acid groups (broad SMARTS) is 1. The predicted octanol–water partition coefficient (Wildman–Crippen LogP) is 5.47. The van der Waals surface area contributed by atoms with E-state index in [2.05, 4.69) is 10.3 Å². The number of aromatic nitrogens is 1. The molecule has 2 N–H and O–H groups in total. The molecule has 0 fully saturated rings. The zero-order valence-electron chi connectivity index (χ0n) is 14.3. The topological polar surface area (TPSA) is 71.5 Å². The normalized spacial score (nSPS) is 10.5. The Hall–Kier alpha value is -3.86. The Labute approximate surface area is 155 Å². The van der Waals surface area contributed by atoms with Gasteiger partial charge < -0.3 is 15.2 Å². The van der Waals surface area contributed by atoms with Crippen LogP contribution in [0.3, 0.4) is 0 Å². The minimum absolute atomic E-state index is 0.228. The van der Waals surface area contributed by atoms with Crippen LogP contribution in [0.5, 0.6) is 11.5 Å². The fourth-order valence-electron chi connectivity index (χ4n) is 2.84. The minimum Gasteiger partial charge on any atom is -0.478 e. The van der Waals surface area contributed by atoms with Crippen LogP contribution in [0.15, 0.2) is 85.1 Å². The van der Waals surface area contributed by atoms with Crippen LogP contribution in [0.1, 0.15) is 10.4 Å². The first-order valence-corrected chi connectivity index (χ1v) is 8.42. The summed E-state index contributed by atoms with van der Waals surface area (Å²) in [6.07, 6.45) is 1.70. The van der Waals surface area contributed by atoms with Crippen molar-refractivity contribution in [3.05, 3.63) is 90.6 Å². The highest BCUT2D eigenvalue weighted by Crippen LogP contribution is 2.33. The number of nitrogens with zero attached hydrogens (tertiary/aromatic N) is 1. The van der Waals surface area contributed by atoms with E-state index in [1.54, 1.807) is 24.4 Å². The smallest absolute Gasteiger partial charge is 0.335 e. The Morgan fingerprint density at radius 2 is 1.74 bits per heavy atom. The molecular formula is C22H16N2O3. The van der Waals surface area contributed by atoms with E-state index in [1.807, 2.05) is 60.7 Å². The largest absolute Gasteiger partial charge is 0.478 e. The Morgan fingerprint density at radius 3 is 2.56 bits per heavy atom. The second-order valence-corrected chi connectivity index (χ2v) is 5.94. The number of benzene rings is 3. The number of aromatic carboxylic acids is 1. The molecule has 0 unspecified atom stereocenters.